The molecule has 2 nitrogen and oxygen atoms in total. The van der Waals surface area contributed by atoms with Gasteiger partial charge in [0.1, 0.15) is 5.01 Å². The summed E-state index contributed by atoms with van der Waals surface area (Å²) in [6, 6.07) is 0.592. The van der Waals surface area contributed by atoms with E-state index in [0.29, 0.717) is 6.04 Å². The van der Waals surface area contributed by atoms with Gasteiger partial charge in [0.15, 0.2) is 0 Å². The second kappa shape index (κ2) is 8.94. The predicted octanol–water partition coefficient (Wildman–Crippen LogP) is 4.24. The maximum atomic E-state index is 4.76. The summed E-state index contributed by atoms with van der Waals surface area (Å²) in [4.78, 5) is 6.20. The maximum Gasteiger partial charge on any atom is 0.103 e. The Kier molecular flexibility index (Phi) is 7.95. The SMILES string of the molecule is CCCSCc1nc(CC)c(CNC(C)CC)s1. The molecule has 1 heterocycles. The van der Waals surface area contributed by atoms with Gasteiger partial charge in [-0.15, -0.1) is 11.3 Å². The number of aryl methyl sites for hydroxylation is 1. The molecule has 1 atom stereocenters. The molecule has 1 N–H and O–H groups in total. The van der Waals surface area contributed by atoms with E-state index in [2.05, 4.69) is 33.0 Å². The number of hydrogen-bond acceptors (Lipinski definition) is 4. The molecule has 0 bridgehead atoms. The van der Waals surface area contributed by atoms with E-state index in [1.165, 1.54) is 34.2 Å². The molecule has 1 rings (SSSR count). The molecule has 0 fully saturated rings. The molecule has 0 aliphatic rings. The van der Waals surface area contributed by atoms with Crippen molar-refractivity contribution in [2.75, 3.05) is 5.75 Å². The molecule has 0 saturated carbocycles. The molecule has 0 radical (unpaired) electrons. The molecule has 0 amide bonds. The van der Waals surface area contributed by atoms with Gasteiger partial charge in [0.25, 0.3) is 0 Å². The molecule has 1 aromatic heterocycles. The number of nitrogens with zero attached hydrogens (tertiary/aromatic N) is 1. The Bertz CT molecular complexity index is 337. The van der Waals surface area contributed by atoms with Gasteiger partial charge < -0.3 is 5.32 Å². The number of aromatic nitrogens is 1. The number of hydrogen-bond donors (Lipinski definition) is 1. The lowest BCUT2D eigenvalue weighted by atomic mass is 10.2. The fraction of sp³-hybridized carbons (Fsp3) is 0.786. The molecule has 0 aliphatic carbocycles. The molecular weight excluding hydrogens is 260 g/mol. The average Bonchev–Trinajstić information content (AvgIpc) is 2.78. The number of thioether (sulfide) groups is 1. The second-order valence-corrected chi connectivity index (χ2v) is 6.85. The highest BCUT2D eigenvalue weighted by Crippen LogP contribution is 2.23. The Labute approximate surface area is 120 Å². The first-order valence-corrected chi connectivity index (χ1v) is 8.96. The summed E-state index contributed by atoms with van der Waals surface area (Å²) in [5.74, 6) is 2.32. The zero-order valence-electron chi connectivity index (χ0n) is 12.1. The van der Waals surface area contributed by atoms with Gasteiger partial charge in [-0.25, -0.2) is 4.98 Å². The molecule has 0 aromatic carbocycles. The van der Waals surface area contributed by atoms with Gasteiger partial charge in [-0.3, -0.25) is 0 Å². The fourth-order valence-corrected chi connectivity index (χ4v) is 3.69. The normalized spacial score (nSPS) is 12.9. The van der Waals surface area contributed by atoms with Gasteiger partial charge in [0.2, 0.25) is 0 Å². The molecule has 1 unspecified atom stereocenters. The van der Waals surface area contributed by atoms with E-state index in [1.54, 1.807) is 0 Å². The average molecular weight is 287 g/mol. The minimum Gasteiger partial charge on any atom is -0.309 e. The number of nitrogens with one attached hydrogen (secondary N) is 1. The number of thiazole rings is 1. The van der Waals surface area contributed by atoms with Crippen LogP contribution in [0.1, 0.15) is 56.1 Å². The van der Waals surface area contributed by atoms with Crippen molar-refractivity contribution in [3.63, 3.8) is 0 Å². The monoisotopic (exact) mass is 286 g/mol. The first-order chi connectivity index (χ1) is 8.71. The van der Waals surface area contributed by atoms with Crippen molar-refractivity contribution in [2.24, 2.45) is 0 Å². The van der Waals surface area contributed by atoms with Crippen molar-refractivity contribution < 1.29 is 0 Å². The molecule has 4 heteroatoms. The van der Waals surface area contributed by atoms with E-state index < -0.39 is 0 Å². The van der Waals surface area contributed by atoms with Crippen LogP contribution in [0.3, 0.4) is 0 Å². The Balaban J connectivity index is 2.54. The van der Waals surface area contributed by atoms with Crippen LogP contribution in [0, 0.1) is 0 Å². The molecule has 0 saturated heterocycles. The van der Waals surface area contributed by atoms with Crippen LogP contribution >= 0.6 is 23.1 Å². The Morgan fingerprint density at radius 2 is 2.11 bits per heavy atom. The van der Waals surface area contributed by atoms with Crippen LogP contribution in [0.15, 0.2) is 0 Å². The van der Waals surface area contributed by atoms with Crippen molar-refractivity contribution in [1.82, 2.24) is 10.3 Å². The summed E-state index contributed by atoms with van der Waals surface area (Å²) in [5.41, 5.74) is 1.29. The lowest BCUT2D eigenvalue weighted by Gasteiger charge is -2.10. The van der Waals surface area contributed by atoms with Gasteiger partial charge in [-0.1, -0.05) is 20.8 Å². The number of rotatable bonds is 9. The first-order valence-electron chi connectivity index (χ1n) is 6.99. The van der Waals surface area contributed by atoms with Gasteiger partial charge in [-0.05, 0) is 31.9 Å². The summed E-state index contributed by atoms with van der Waals surface area (Å²) in [6.07, 6.45) is 3.48. The Morgan fingerprint density at radius 3 is 2.72 bits per heavy atom. The molecule has 0 aliphatic heterocycles. The summed E-state index contributed by atoms with van der Waals surface area (Å²) < 4.78 is 0. The highest BCUT2D eigenvalue weighted by Gasteiger charge is 2.10. The molecule has 18 heavy (non-hydrogen) atoms. The van der Waals surface area contributed by atoms with Gasteiger partial charge in [0.05, 0.1) is 5.69 Å². The summed E-state index contributed by atoms with van der Waals surface area (Å²) in [5, 5.41) is 4.86. The zero-order chi connectivity index (χ0) is 13.4. The van der Waals surface area contributed by atoms with Crippen molar-refractivity contribution in [3.8, 4) is 0 Å². The van der Waals surface area contributed by atoms with Crippen molar-refractivity contribution in [2.45, 2.75) is 65.3 Å². The third-order valence-electron chi connectivity index (χ3n) is 2.95. The Hall–Kier alpha value is -0.0600. The van der Waals surface area contributed by atoms with Gasteiger partial charge in [-0.2, -0.15) is 11.8 Å². The summed E-state index contributed by atoms with van der Waals surface area (Å²) in [6.45, 7) is 9.87. The topological polar surface area (TPSA) is 24.9 Å². The highest BCUT2D eigenvalue weighted by atomic mass is 32.2. The van der Waals surface area contributed by atoms with Crippen LogP contribution in [0.5, 0.6) is 0 Å². The fourth-order valence-electron chi connectivity index (χ4n) is 1.63. The molecule has 0 spiro atoms. The van der Waals surface area contributed by atoms with E-state index in [-0.39, 0.29) is 0 Å². The first kappa shape index (κ1) is 16.0. The molecule has 104 valence electrons. The van der Waals surface area contributed by atoms with Crippen molar-refractivity contribution in [3.05, 3.63) is 15.6 Å². The lowest BCUT2D eigenvalue weighted by Crippen LogP contribution is -2.24. The van der Waals surface area contributed by atoms with Crippen LogP contribution in [0.4, 0.5) is 0 Å². The molecule has 1 aromatic rings. The predicted molar refractivity (Wildman–Crippen MR) is 84.5 cm³/mol. The van der Waals surface area contributed by atoms with E-state index in [0.717, 1.165) is 18.7 Å². The van der Waals surface area contributed by atoms with E-state index >= 15 is 0 Å². The maximum absolute atomic E-state index is 4.76. The molecular formula is C14H26N2S2. The quantitative estimate of drug-likeness (QED) is 0.687. The Morgan fingerprint density at radius 1 is 1.33 bits per heavy atom. The summed E-state index contributed by atoms with van der Waals surface area (Å²) >= 11 is 3.89. The van der Waals surface area contributed by atoms with E-state index in [9.17, 15) is 0 Å². The van der Waals surface area contributed by atoms with Gasteiger partial charge >= 0.3 is 0 Å². The van der Waals surface area contributed by atoms with Crippen LogP contribution in [0.2, 0.25) is 0 Å². The van der Waals surface area contributed by atoms with Crippen LogP contribution in [-0.4, -0.2) is 16.8 Å². The lowest BCUT2D eigenvalue weighted by molar-refractivity contribution is 0.535. The third-order valence-corrected chi connectivity index (χ3v) is 5.41. The van der Waals surface area contributed by atoms with E-state index in [4.69, 9.17) is 4.98 Å². The second-order valence-electron chi connectivity index (χ2n) is 4.57. The third kappa shape index (κ3) is 5.29. The van der Waals surface area contributed by atoms with Crippen molar-refractivity contribution >= 4 is 23.1 Å². The van der Waals surface area contributed by atoms with Gasteiger partial charge in [0, 0.05) is 23.2 Å². The van der Waals surface area contributed by atoms with Crippen LogP contribution in [0.25, 0.3) is 0 Å². The minimum absolute atomic E-state index is 0.592. The highest BCUT2D eigenvalue weighted by molar-refractivity contribution is 7.98. The van der Waals surface area contributed by atoms with Crippen LogP contribution in [-0.2, 0) is 18.7 Å². The minimum atomic E-state index is 0.592. The van der Waals surface area contributed by atoms with E-state index in [1.807, 2.05) is 23.1 Å². The van der Waals surface area contributed by atoms with Crippen LogP contribution < -0.4 is 5.32 Å². The smallest absolute Gasteiger partial charge is 0.103 e. The standard InChI is InChI=1S/C14H26N2S2/c1-5-8-17-10-14-16-12(7-3)13(18-14)9-15-11(4)6-2/h11,15H,5-10H2,1-4H3. The largest absolute Gasteiger partial charge is 0.309 e. The zero-order valence-corrected chi connectivity index (χ0v) is 13.7. The summed E-state index contributed by atoms with van der Waals surface area (Å²) in [7, 11) is 0. The van der Waals surface area contributed by atoms with Crippen molar-refractivity contribution in [1.29, 1.82) is 0 Å².